The van der Waals surface area contributed by atoms with Crippen molar-refractivity contribution in [1.82, 2.24) is 0 Å². The van der Waals surface area contributed by atoms with Gasteiger partial charge in [0.2, 0.25) is 17.8 Å². The van der Waals surface area contributed by atoms with Crippen LogP contribution < -0.4 is 10.2 Å². The van der Waals surface area contributed by atoms with Crippen LogP contribution in [0, 0.1) is 0 Å². The third-order valence-electron chi connectivity index (χ3n) is 4.22. The minimum absolute atomic E-state index is 0.165. The van der Waals surface area contributed by atoms with Gasteiger partial charge in [0, 0.05) is 32.2 Å². The van der Waals surface area contributed by atoms with Gasteiger partial charge in [0.25, 0.3) is 0 Å². The van der Waals surface area contributed by atoms with Gasteiger partial charge in [-0.2, -0.15) is 0 Å². The molecule has 0 aromatic heterocycles. The van der Waals surface area contributed by atoms with Crippen molar-refractivity contribution < 1.29 is 47.6 Å². The van der Waals surface area contributed by atoms with Gasteiger partial charge in [-0.05, 0) is 24.3 Å². The molecule has 5 atom stereocenters. The molecule has 1 fully saturated rings. The molecule has 0 bridgehead atoms. The van der Waals surface area contributed by atoms with Crippen LogP contribution in [0.1, 0.15) is 27.7 Å². The normalized spacial score (nSPS) is 24.2. The van der Waals surface area contributed by atoms with Crippen LogP contribution in [0.2, 0.25) is 0 Å². The van der Waals surface area contributed by atoms with Gasteiger partial charge in [-0.15, -0.1) is 0 Å². The Balaban J connectivity index is 2.52. The average Bonchev–Trinajstić information content (AvgIpc) is 2.85. The van der Waals surface area contributed by atoms with E-state index < -0.39 is 66.6 Å². The summed E-state index contributed by atoms with van der Waals surface area (Å²) in [6, 6.07) is 5.65. The number of carbonyl (C=O) groups excluding carboxylic acids is 4. The number of hydrogen-bond acceptors (Lipinski definition) is 11. The topological polar surface area (TPSA) is 141 Å². The van der Waals surface area contributed by atoms with Crippen molar-refractivity contribution in [3.63, 3.8) is 0 Å². The molecule has 1 saturated heterocycles. The molecule has 180 valence electrons. The van der Waals surface area contributed by atoms with E-state index in [0.717, 1.165) is 27.7 Å². The molecule has 0 aliphatic carbocycles. The highest BCUT2D eigenvalue weighted by Gasteiger charge is 2.53. The lowest BCUT2D eigenvalue weighted by Crippen LogP contribution is -2.63. The zero-order valence-electron chi connectivity index (χ0n) is 18.3. The Labute approximate surface area is 197 Å². The summed E-state index contributed by atoms with van der Waals surface area (Å²) >= 11 is 3.24. The van der Waals surface area contributed by atoms with E-state index in [1.807, 2.05) is 0 Å². The SMILES string of the molecule is CC(=O)OC[C@H]1O[C@@H](Oc2ccc(Br)ccc2=O)[C@H](OC(C)=O)[C@@H](OC(C)=O)[C@@H]1OC(C)=O. The summed E-state index contributed by atoms with van der Waals surface area (Å²) < 4.78 is 33.0. The molecule has 0 spiro atoms. The first-order valence-corrected chi connectivity index (χ1v) is 10.5. The lowest BCUT2D eigenvalue weighted by atomic mass is 9.98. The molecule has 1 heterocycles. The van der Waals surface area contributed by atoms with Gasteiger partial charge in [-0.25, -0.2) is 0 Å². The molecular weight excluding hydrogens is 508 g/mol. The first-order chi connectivity index (χ1) is 15.5. The van der Waals surface area contributed by atoms with Crippen LogP contribution in [-0.2, 0) is 42.9 Å². The quantitative estimate of drug-likeness (QED) is 0.371. The Morgan fingerprint density at radius 3 is 1.94 bits per heavy atom. The fraction of sp³-hybridized carbons (Fsp3) is 0.476. The largest absolute Gasteiger partial charge is 0.463 e. The van der Waals surface area contributed by atoms with Crippen LogP contribution >= 0.6 is 15.9 Å². The van der Waals surface area contributed by atoms with E-state index in [4.69, 9.17) is 28.4 Å². The highest BCUT2D eigenvalue weighted by Crippen LogP contribution is 2.30. The summed E-state index contributed by atoms with van der Waals surface area (Å²) in [7, 11) is 0. The third-order valence-corrected chi connectivity index (χ3v) is 4.75. The van der Waals surface area contributed by atoms with Crippen LogP contribution in [0.4, 0.5) is 0 Å². The van der Waals surface area contributed by atoms with Gasteiger partial charge in [0.15, 0.2) is 18.0 Å². The maximum Gasteiger partial charge on any atom is 0.303 e. The van der Waals surface area contributed by atoms with Crippen LogP contribution in [0.3, 0.4) is 0 Å². The molecule has 0 amide bonds. The fourth-order valence-electron chi connectivity index (χ4n) is 3.04. The summed E-state index contributed by atoms with van der Waals surface area (Å²) in [5.74, 6) is -3.12. The van der Waals surface area contributed by atoms with E-state index in [1.165, 1.54) is 18.2 Å². The second-order valence-electron chi connectivity index (χ2n) is 6.97. The van der Waals surface area contributed by atoms with Crippen LogP contribution in [0.25, 0.3) is 0 Å². The molecule has 11 nitrogen and oxygen atoms in total. The van der Waals surface area contributed by atoms with Gasteiger partial charge < -0.3 is 28.4 Å². The second-order valence-corrected chi connectivity index (χ2v) is 7.88. The van der Waals surface area contributed by atoms with Gasteiger partial charge in [0.05, 0.1) is 0 Å². The average molecular weight is 531 g/mol. The lowest BCUT2D eigenvalue weighted by Gasteiger charge is -2.43. The van der Waals surface area contributed by atoms with Gasteiger partial charge >= 0.3 is 23.9 Å². The first-order valence-electron chi connectivity index (χ1n) is 9.75. The van der Waals surface area contributed by atoms with Gasteiger partial charge in [-0.1, -0.05) is 15.9 Å². The van der Waals surface area contributed by atoms with Crippen molar-refractivity contribution in [3.8, 4) is 5.75 Å². The number of rotatable bonds is 7. The Kier molecular flexibility index (Phi) is 9.35. The van der Waals surface area contributed by atoms with Crippen molar-refractivity contribution in [2.45, 2.75) is 58.4 Å². The number of hydrogen-bond donors (Lipinski definition) is 0. The zero-order chi connectivity index (χ0) is 24.7. The smallest absolute Gasteiger partial charge is 0.303 e. The minimum Gasteiger partial charge on any atom is -0.463 e. The third kappa shape index (κ3) is 7.82. The first kappa shape index (κ1) is 26.3. The highest BCUT2D eigenvalue weighted by atomic mass is 79.9. The molecule has 1 aromatic rings. The molecule has 33 heavy (non-hydrogen) atoms. The molecule has 1 aliphatic heterocycles. The van der Waals surface area contributed by atoms with Crippen molar-refractivity contribution in [2.24, 2.45) is 0 Å². The van der Waals surface area contributed by atoms with E-state index in [-0.39, 0.29) is 5.75 Å². The summed E-state index contributed by atoms with van der Waals surface area (Å²) in [4.78, 5) is 59.1. The number of esters is 4. The molecule has 2 rings (SSSR count). The van der Waals surface area contributed by atoms with Gasteiger partial charge in [0.1, 0.15) is 12.7 Å². The monoisotopic (exact) mass is 530 g/mol. The Hall–Kier alpha value is -2.99. The van der Waals surface area contributed by atoms with Crippen molar-refractivity contribution >= 4 is 39.8 Å². The van der Waals surface area contributed by atoms with E-state index >= 15 is 0 Å². The summed E-state index contributed by atoms with van der Waals surface area (Å²) in [6.07, 6.45) is -6.81. The predicted octanol–water partition coefficient (Wildman–Crippen LogP) is 1.27. The van der Waals surface area contributed by atoms with Gasteiger partial charge in [-0.3, -0.25) is 24.0 Å². The Morgan fingerprint density at radius 1 is 0.818 bits per heavy atom. The van der Waals surface area contributed by atoms with Crippen molar-refractivity contribution in [2.75, 3.05) is 6.61 Å². The molecule has 0 N–H and O–H groups in total. The van der Waals surface area contributed by atoms with Crippen LogP contribution in [0.5, 0.6) is 5.75 Å². The summed E-state index contributed by atoms with van der Waals surface area (Å²) in [5.41, 5.74) is -0.520. The molecule has 0 radical (unpaired) electrons. The van der Waals surface area contributed by atoms with Crippen molar-refractivity contribution in [3.05, 3.63) is 39.0 Å². The molecule has 1 aliphatic rings. The standard InChI is InChI=1S/C21H23BrO11/c1-10(23)28-9-17-18(29-11(2)24)19(30-12(3)25)20(31-13(4)26)21(33-17)32-16-8-6-14(22)5-7-15(16)27/h5-8,17-21H,9H2,1-4H3/t17-,18-,19+,20-,21-/m1/s1. The molecule has 12 heteroatoms. The maximum absolute atomic E-state index is 12.4. The van der Waals surface area contributed by atoms with E-state index in [0.29, 0.717) is 4.47 Å². The van der Waals surface area contributed by atoms with E-state index in [1.54, 1.807) is 6.07 Å². The molecular formula is C21H23BrO11. The van der Waals surface area contributed by atoms with E-state index in [2.05, 4.69) is 15.9 Å². The fourth-order valence-corrected chi connectivity index (χ4v) is 3.30. The van der Waals surface area contributed by atoms with E-state index in [9.17, 15) is 24.0 Å². The Morgan fingerprint density at radius 2 is 1.36 bits per heavy atom. The predicted molar refractivity (Wildman–Crippen MR) is 113 cm³/mol. The number of ether oxygens (including phenoxy) is 6. The van der Waals surface area contributed by atoms with Crippen LogP contribution in [0.15, 0.2) is 33.5 Å². The highest BCUT2D eigenvalue weighted by molar-refractivity contribution is 9.10. The zero-order valence-corrected chi connectivity index (χ0v) is 19.9. The maximum atomic E-state index is 12.4. The molecule has 0 unspecified atom stereocenters. The minimum atomic E-state index is -1.49. The summed E-state index contributed by atoms with van der Waals surface area (Å²) in [6.45, 7) is 4.08. The summed E-state index contributed by atoms with van der Waals surface area (Å²) in [5, 5.41) is 0. The number of carbonyl (C=O) groups is 4. The second kappa shape index (κ2) is 11.8. The lowest BCUT2D eigenvalue weighted by molar-refractivity contribution is -0.288. The van der Waals surface area contributed by atoms with Crippen molar-refractivity contribution in [1.29, 1.82) is 0 Å². The Bertz CT molecular complexity index is 963. The molecule has 0 saturated carbocycles. The number of halogens is 1. The molecule has 1 aromatic carbocycles. The van der Waals surface area contributed by atoms with Crippen LogP contribution in [-0.4, -0.2) is 61.2 Å².